The van der Waals surface area contributed by atoms with Crippen LogP contribution in [0.25, 0.3) is 109 Å². The summed E-state index contributed by atoms with van der Waals surface area (Å²) in [4.78, 5) is 0. The molecule has 0 unspecified atom stereocenters. The van der Waals surface area contributed by atoms with Crippen molar-refractivity contribution in [2.75, 3.05) is 0 Å². The quantitative estimate of drug-likeness (QED) is 0.174. The van der Waals surface area contributed by atoms with Gasteiger partial charge in [0, 0.05) is 10.8 Å². The molecule has 11 aromatic rings. The summed E-state index contributed by atoms with van der Waals surface area (Å²) in [6.45, 7) is 0. The molecule has 0 aliphatic heterocycles. The minimum Gasteiger partial charge on any atom is -0.456 e. The zero-order chi connectivity index (χ0) is 33.5. The largest absolute Gasteiger partial charge is 0.456 e. The topological polar surface area (TPSA) is 13.1 Å². The molecule has 0 aliphatic carbocycles. The van der Waals surface area contributed by atoms with Crippen molar-refractivity contribution in [1.82, 2.24) is 0 Å². The van der Waals surface area contributed by atoms with E-state index in [1.54, 1.807) is 0 Å². The number of furan rings is 1. The van der Waals surface area contributed by atoms with Crippen LogP contribution >= 0.6 is 0 Å². The third kappa shape index (κ3) is 4.56. The van der Waals surface area contributed by atoms with Gasteiger partial charge in [-0.3, -0.25) is 0 Å². The molecule has 11 rings (SSSR count). The molecule has 0 amide bonds. The maximum absolute atomic E-state index is 6.45. The van der Waals surface area contributed by atoms with Crippen molar-refractivity contribution in [3.63, 3.8) is 0 Å². The molecule has 1 heteroatoms. The highest BCUT2D eigenvalue weighted by molar-refractivity contribution is 6.13. The van der Waals surface area contributed by atoms with Gasteiger partial charge in [0.15, 0.2) is 0 Å². The van der Waals surface area contributed by atoms with E-state index in [-0.39, 0.29) is 0 Å². The molecule has 0 radical (unpaired) electrons. The van der Waals surface area contributed by atoms with Crippen LogP contribution in [0, 0.1) is 0 Å². The smallest absolute Gasteiger partial charge is 0.136 e. The molecule has 51 heavy (non-hydrogen) atoms. The molecule has 0 fully saturated rings. The van der Waals surface area contributed by atoms with Gasteiger partial charge in [-0.25, -0.2) is 0 Å². The molecule has 0 saturated heterocycles. The van der Waals surface area contributed by atoms with Crippen molar-refractivity contribution in [2.45, 2.75) is 0 Å². The van der Waals surface area contributed by atoms with Gasteiger partial charge in [0.25, 0.3) is 0 Å². The summed E-state index contributed by atoms with van der Waals surface area (Å²) >= 11 is 0. The lowest BCUT2D eigenvalue weighted by Crippen LogP contribution is -1.88. The van der Waals surface area contributed by atoms with E-state index in [2.05, 4.69) is 182 Å². The number of hydrogen-bond acceptors (Lipinski definition) is 1. The van der Waals surface area contributed by atoms with Crippen molar-refractivity contribution in [2.24, 2.45) is 0 Å². The standard InChI is InChI=1S/C50H30O/c1-3-9-33-23-40(17-13-31(33)7-1)43-21-22-44(41-18-14-32-8-2-4-10-34(32)24-41)47-28-42-25-37(15-16-38(42)26-46(43)47)39-19-20-45-48-27-35-11-5-6-12-36(35)29-50(48)51-49(45)30-39/h1-30H. The Hall–Kier alpha value is -6.70. The summed E-state index contributed by atoms with van der Waals surface area (Å²) in [5.74, 6) is 0. The first-order chi connectivity index (χ1) is 25.2. The molecular formula is C50H30O. The van der Waals surface area contributed by atoms with Gasteiger partial charge in [0.1, 0.15) is 11.2 Å². The second-order valence-corrected chi connectivity index (χ2v) is 13.8. The first kappa shape index (κ1) is 28.2. The van der Waals surface area contributed by atoms with Crippen molar-refractivity contribution in [1.29, 1.82) is 0 Å². The Kier molecular flexibility index (Phi) is 6.02. The summed E-state index contributed by atoms with van der Waals surface area (Å²) in [6, 6.07) is 66.6. The molecule has 1 aromatic heterocycles. The summed E-state index contributed by atoms with van der Waals surface area (Å²) in [6.07, 6.45) is 0. The van der Waals surface area contributed by atoms with Gasteiger partial charge >= 0.3 is 0 Å². The van der Waals surface area contributed by atoms with Crippen LogP contribution in [0.15, 0.2) is 186 Å². The summed E-state index contributed by atoms with van der Waals surface area (Å²) in [7, 11) is 0. The lowest BCUT2D eigenvalue weighted by molar-refractivity contribution is 0.669. The summed E-state index contributed by atoms with van der Waals surface area (Å²) < 4.78 is 6.45. The van der Waals surface area contributed by atoms with Gasteiger partial charge in [-0.05, 0) is 142 Å². The van der Waals surface area contributed by atoms with Crippen LogP contribution in [-0.2, 0) is 0 Å². The van der Waals surface area contributed by atoms with Gasteiger partial charge in [0.05, 0.1) is 0 Å². The summed E-state index contributed by atoms with van der Waals surface area (Å²) in [5, 5.41) is 14.7. The van der Waals surface area contributed by atoms with Crippen LogP contribution in [0.2, 0.25) is 0 Å². The highest BCUT2D eigenvalue weighted by Crippen LogP contribution is 2.41. The molecule has 0 saturated carbocycles. The van der Waals surface area contributed by atoms with Gasteiger partial charge in [-0.2, -0.15) is 0 Å². The van der Waals surface area contributed by atoms with E-state index in [0.29, 0.717) is 0 Å². The Labute approximate surface area is 294 Å². The minimum atomic E-state index is 0.912. The Bertz CT molecular complexity index is 3200. The van der Waals surface area contributed by atoms with Gasteiger partial charge in [-0.1, -0.05) is 127 Å². The highest BCUT2D eigenvalue weighted by atomic mass is 16.3. The number of benzene rings is 10. The van der Waals surface area contributed by atoms with Crippen LogP contribution < -0.4 is 0 Å². The molecule has 0 atom stereocenters. The van der Waals surface area contributed by atoms with E-state index in [1.165, 1.54) is 81.7 Å². The second kappa shape index (κ2) is 10.9. The Morgan fingerprint density at radius 2 is 0.647 bits per heavy atom. The monoisotopic (exact) mass is 646 g/mol. The molecule has 10 aromatic carbocycles. The number of hydrogen-bond donors (Lipinski definition) is 0. The van der Waals surface area contributed by atoms with E-state index in [9.17, 15) is 0 Å². The Morgan fingerprint density at radius 1 is 0.235 bits per heavy atom. The summed E-state index contributed by atoms with van der Waals surface area (Å²) in [5.41, 5.74) is 9.09. The van der Waals surface area contributed by atoms with E-state index < -0.39 is 0 Å². The first-order valence-corrected chi connectivity index (χ1v) is 17.6. The fourth-order valence-electron chi connectivity index (χ4n) is 8.13. The molecular weight excluding hydrogens is 617 g/mol. The highest BCUT2D eigenvalue weighted by Gasteiger charge is 2.14. The SMILES string of the molecule is c1ccc2cc(-c3ccc(-c4ccc5ccccc5c4)c4cc5cc(-c6ccc7c(c6)oc6cc8ccccc8cc67)ccc5cc34)ccc2c1. The van der Waals surface area contributed by atoms with Crippen molar-refractivity contribution in [3.8, 4) is 33.4 Å². The van der Waals surface area contributed by atoms with E-state index >= 15 is 0 Å². The van der Waals surface area contributed by atoms with Crippen LogP contribution in [0.3, 0.4) is 0 Å². The second-order valence-electron chi connectivity index (χ2n) is 13.8. The fourth-order valence-corrected chi connectivity index (χ4v) is 8.13. The molecule has 1 nitrogen and oxygen atoms in total. The van der Waals surface area contributed by atoms with Gasteiger partial charge in [-0.15, -0.1) is 0 Å². The third-order valence-electron chi connectivity index (χ3n) is 10.8. The molecule has 0 aliphatic rings. The zero-order valence-electron chi connectivity index (χ0n) is 27.7. The van der Waals surface area contributed by atoms with Crippen molar-refractivity contribution >= 4 is 75.8 Å². The minimum absolute atomic E-state index is 0.912. The average molecular weight is 647 g/mol. The predicted molar refractivity (Wildman–Crippen MR) is 218 cm³/mol. The van der Waals surface area contributed by atoms with E-state index in [1.807, 2.05) is 0 Å². The third-order valence-corrected chi connectivity index (χ3v) is 10.8. The average Bonchev–Trinajstić information content (AvgIpc) is 3.54. The van der Waals surface area contributed by atoms with Crippen molar-refractivity contribution in [3.05, 3.63) is 182 Å². The molecule has 236 valence electrons. The molecule has 0 N–H and O–H groups in total. The normalized spacial score (nSPS) is 11.9. The van der Waals surface area contributed by atoms with E-state index in [0.717, 1.165) is 27.5 Å². The molecule has 0 bridgehead atoms. The molecule has 1 heterocycles. The molecule has 0 spiro atoms. The van der Waals surface area contributed by atoms with Crippen molar-refractivity contribution < 1.29 is 4.42 Å². The lowest BCUT2D eigenvalue weighted by Gasteiger charge is -2.15. The van der Waals surface area contributed by atoms with Crippen LogP contribution in [0.5, 0.6) is 0 Å². The van der Waals surface area contributed by atoms with Crippen LogP contribution in [0.1, 0.15) is 0 Å². The first-order valence-electron chi connectivity index (χ1n) is 17.6. The van der Waals surface area contributed by atoms with Gasteiger partial charge in [0.2, 0.25) is 0 Å². The maximum atomic E-state index is 6.45. The Morgan fingerprint density at radius 3 is 1.29 bits per heavy atom. The van der Waals surface area contributed by atoms with E-state index in [4.69, 9.17) is 4.42 Å². The fraction of sp³-hybridized carbons (Fsp3) is 0. The predicted octanol–water partition coefficient (Wildman–Crippen LogP) is 14.4. The zero-order valence-corrected chi connectivity index (χ0v) is 27.7. The number of rotatable bonds is 3. The maximum Gasteiger partial charge on any atom is 0.136 e. The number of fused-ring (bicyclic) bond motifs is 8. The van der Waals surface area contributed by atoms with Gasteiger partial charge < -0.3 is 4.42 Å². The van der Waals surface area contributed by atoms with Crippen LogP contribution in [0.4, 0.5) is 0 Å². The Balaban J connectivity index is 1.10. The van der Waals surface area contributed by atoms with Crippen LogP contribution in [-0.4, -0.2) is 0 Å². The lowest BCUT2D eigenvalue weighted by atomic mass is 9.88.